The molecule has 0 radical (unpaired) electrons. The van der Waals surface area contributed by atoms with Crippen molar-refractivity contribution in [1.82, 2.24) is 0 Å². The molecule has 142 valence electrons. The van der Waals surface area contributed by atoms with E-state index in [1.165, 1.54) is 18.6 Å². The zero-order valence-electron chi connectivity index (χ0n) is 14.2. The van der Waals surface area contributed by atoms with Crippen molar-refractivity contribution >= 4 is 11.8 Å². The third-order valence-electron chi connectivity index (χ3n) is 6.83. The molecule has 1 atom stereocenters. The molecular weight excluding hydrogens is 365 g/mol. The second-order valence-electron chi connectivity index (χ2n) is 8.33. The number of rotatable bonds is 3. The van der Waals surface area contributed by atoms with E-state index in [-0.39, 0.29) is 17.6 Å². The van der Waals surface area contributed by atoms with Crippen molar-refractivity contribution in [1.29, 1.82) is 0 Å². The van der Waals surface area contributed by atoms with Gasteiger partial charge in [-0.2, -0.15) is 13.2 Å². The highest BCUT2D eigenvalue weighted by Gasteiger charge is 2.76. The maximum atomic E-state index is 13.1. The molecule has 26 heavy (non-hydrogen) atoms. The van der Waals surface area contributed by atoms with Gasteiger partial charge in [-0.1, -0.05) is 12.1 Å². The summed E-state index contributed by atoms with van der Waals surface area (Å²) in [4.78, 5) is 10.2. The van der Waals surface area contributed by atoms with Crippen LogP contribution in [-0.2, 0) is 14.7 Å². The minimum Gasteiger partial charge on any atom is -0.508 e. The van der Waals surface area contributed by atoms with Gasteiger partial charge in [0.1, 0.15) is 5.75 Å². The first-order chi connectivity index (χ1) is 12.3. The van der Waals surface area contributed by atoms with E-state index >= 15 is 0 Å². The van der Waals surface area contributed by atoms with Crippen LogP contribution in [0.1, 0.15) is 37.7 Å². The monoisotopic (exact) mass is 386 g/mol. The zero-order chi connectivity index (χ0) is 18.2. The van der Waals surface area contributed by atoms with E-state index in [4.69, 9.17) is 9.78 Å². The van der Waals surface area contributed by atoms with Gasteiger partial charge in [-0.25, -0.2) is 9.78 Å². The first kappa shape index (κ1) is 17.2. The lowest BCUT2D eigenvalue weighted by atomic mass is 9.47. The first-order valence-electron chi connectivity index (χ1n) is 9.19. The van der Waals surface area contributed by atoms with Crippen LogP contribution in [0.3, 0.4) is 0 Å². The van der Waals surface area contributed by atoms with Gasteiger partial charge < -0.3 is 5.11 Å². The minimum absolute atomic E-state index is 0.0314. The van der Waals surface area contributed by atoms with E-state index in [9.17, 15) is 18.3 Å². The van der Waals surface area contributed by atoms with E-state index in [1.54, 1.807) is 12.1 Å². The van der Waals surface area contributed by atoms with E-state index in [0.717, 1.165) is 37.4 Å². The van der Waals surface area contributed by atoms with Crippen molar-refractivity contribution < 1.29 is 28.1 Å². The number of hydrogen-bond donors (Lipinski definition) is 1. The molecule has 1 N–H and O–H groups in total. The molecule has 0 amide bonds. The van der Waals surface area contributed by atoms with Gasteiger partial charge in [0.15, 0.2) is 5.60 Å². The molecule has 1 heterocycles. The van der Waals surface area contributed by atoms with Crippen LogP contribution in [0.4, 0.5) is 13.2 Å². The molecule has 1 aromatic carbocycles. The van der Waals surface area contributed by atoms with Gasteiger partial charge >= 0.3 is 6.18 Å². The average molecular weight is 386 g/mol. The smallest absolute Gasteiger partial charge is 0.397 e. The molecule has 1 aromatic rings. The molecule has 1 saturated heterocycles. The summed E-state index contributed by atoms with van der Waals surface area (Å²) in [5.74, 6) is 0.804. The highest BCUT2D eigenvalue weighted by Crippen LogP contribution is 2.72. The molecule has 3 nitrogen and oxygen atoms in total. The largest absolute Gasteiger partial charge is 0.508 e. The van der Waals surface area contributed by atoms with Crippen LogP contribution in [0.2, 0.25) is 0 Å². The third kappa shape index (κ3) is 2.29. The Morgan fingerprint density at radius 1 is 1.04 bits per heavy atom. The number of alkyl halides is 3. The maximum absolute atomic E-state index is 13.1. The van der Waals surface area contributed by atoms with Crippen molar-refractivity contribution in [3.8, 4) is 5.75 Å². The van der Waals surface area contributed by atoms with Crippen LogP contribution in [0.25, 0.3) is 0 Å². The predicted octanol–water partition coefficient (Wildman–Crippen LogP) is 5.00. The summed E-state index contributed by atoms with van der Waals surface area (Å²) in [6.07, 6.45) is 0.972. The summed E-state index contributed by atoms with van der Waals surface area (Å²) in [6.45, 7) is 0. The van der Waals surface area contributed by atoms with Crippen molar-refractivity contribution in [2.45, 2.75) is 48.8 Å². The molecule has 5 fully saturated rings. The number of aromatic hydroxyl groups is 1. The van der Waals surface area contributed by atoms with Crippen LogP contribution < -0.4 is 0 Å². The fourth-order valence-corrected chi connectivity index (χ4v) is 7.50. The summed E-state index contributed by atoms with van der Waals surface area (Å²) >= 11 is 0.774. The lowest BCUT2D eigenvalue weighted by Gasteiger charge is -2.69. The number of halogens is 3. The van der Waals surface area contributed by atoms with Crippen molar-refractivity contribution in [2.75, 3.05) is 5.75 Å². The normalized spacial score (nSPS) is 43.7. The lowest BCUT2D eigenvalue weighted by molar-refractivity contribution is -0.566. The van der Waals surface area contributed by atoms with Crippen LogP contribution in [-0.4, -0.2) is 22.6 Å². The fraction of sp³-hybridized carbons (Fsp3) is 0.684. The van der Waals surface area contributed by atoms with Gasteiger partial charge in [0.05, 0.1) is 5.75 Å². The molecule has 6 rings (SSSR count). The highest BCUT2D eigenvalue weighted by atomic mass is 32.2. The molecule has 0 aromatic heterocycles. The number of hydrogen-bond acceptors (Lipinski definition) is 4. The summed E-state index contributed by atoms with van der Waals surface area (Å²) in [5.41, 5.74) is -0.144. The van der Waals surface area contributed by atoms with E-state index < -0.39 is 22.5 Å². The number of phenols is 1. The molecule has 4 aliphatic carbocycles. The van der Waals surface area contributed by atoms with E-state index in [2.05, 4.69) is 0 Å². The topological polar surface area (TPSA) is 38.7 Å². The molecule has 4 bridgehead atoms. The second kappa shape index (κ2) is 5.55. The molecule has 4 saturated carbocycles. The Morgan fingerprint density at radius 2 is 1.69 bits per heavy atom. The fourth-order valence-electron chi connectivity index (χ4n) is 6.16. The van der Waals surface area contributed by atoms with Gasteiger partial charge in [-0.05, 0) is 67.9 Å². The van der Waals surface area contributed by atoms with Crippen molar-refractivity contribution in [2.24, 2.45) is 23.7 Å². The quantitative estimate of drug-likeness (QED) is 0.743. The van der Waals surface area contributed by atoms with Crippen LogP contribution in [0.15, 0.2) is 24.3 Å². The minimum atomic E-state index is -4.29. The van der Waals surface area contributed by atoms with Crippen LogP contribution in [0.5, 0.6) is 5.75 Å². The van der Waals surface area contributed by atoms with E-state index in [0.29, 0.717) is 17.4 Å². The van der Waals surface area contributed by atoms with Crippen LogP contribution in [0, 0.1) is 23.7 Å². The number of benzene rings is 1. The Hall–Kier alpha value is -0.920. The molecule has 1 spiro atoms. The summed E-state index contributed by atoms with van der Waals surface area (Å²) < 4.78 is 39.3. The predicted molar refractivity (Wildman–Crippen MR) is 90.2 cm³/mol. The molecule has 1 unspecified atom stereocenters. The highest BCUT2D eigenvalue weighted by molar-refractivity contribution is 8.00. The summed E-state index contributed by atoms with van der Waals surface area (Å²) in [7, 11) is 0. The van der Waals surface area contributed by atoms with Crippen LogP contribution >= 0.6 is 11.8 Å². The first-order valence-corrected chi connectivity index (χ1v) is 10.2. The zero-order valence-corrected chi connectivity index (χ0v) is 15.0. The Bertz CT molecular complexity index is 694. The summed E-state index contributed by atoms with van der Waals surface area (Å²) in [6, 6.07) is 6.46. The molecule has 1 aliphatic heterocycles. The summed E-state index contributed by atoms with van der Waals surface area (Å²) in [5, 5.41) is 9.94. The Balaban J connectivity index is 1.58. The van der Waals surface area contributed by atoms with Gasteiger partial charge in [0.25, 0.3) is 0 Å². The van der Waals surface area contributed by atoms with Crippen molar-refractivity contribution in [3.05, 3.63) is 29.8 Å². The SMILES string of the molecule is Oc1cccc(C2(SCC(F)(F)F)OOC23C2CC4CC(C2)CC3C4)c1. The standard InChI is InChI=1S/C19H21F3O3S/c20-17(21,22)10-26-19(13-2-1-3-16(23)9-13)18(24-25-19)14-5-11-4-12(7-14)8-15(18)6-11/h1-3,9,11-12,14-15,23H,4-8,10H2. The number of thioether (sulfide) groups is 1. The van der Waals surface area contributed by atoms with Gasteiger partial charge in [-0.3, -0.25) is 0 Å². The Morgan fingerprint density at radius 3 is 2.19 bits per heavy atom. The Labute approximate surface area is 154 Å². The lowest BCUT2D eigenvalue weighted by Crippen LogP contribution is -2.74. The third-order valence-corrected chi connectivity index (χ3v) is 8.33. The molecular formula is C19H21F3O3S. The van der Waals surface area contributed by atoms with E-state index in [1.807, 2.05) is 0 Å². The van der Waals surface area contributed by atoms with Gasteiger partial charge in [0.2, 0.25) is 4.93 Å². The average Bonchev–Trinajstić information content (AvgIpc) is 2.52. The molecule has 5 aliphatic rings. The van der Waals surface area contributed by atoms with Gasteiger partial charge in [-0.15, -0.1) is 11.8 Å². The second-order valence-corrected chi connectivity index (χ2v) is 9.49. The number of phenolic OH excluding ortho intramolecular Hbond substituents is 1. The van der Waals surface area contributed by atoms with Crippen molar-refractivity contribution in [3.63, 3.8) is 0 Å². The van der Waals surface area contributed by atoms with Gasteiger partial charge in [0, 0.05) is 5.56 Å². The maximum Gasteiger partial charge on any atom is 0.397 e. The Kier molecular flexibility index (Phi) is 3.67. The molecule has 7 heteroatoms.